The van der Waals surface area contributed by atoms with Gasteiger partial charge in [-0.15, -0.1) is 12.4 Å². The Kier molecular flexibility index (Phi) is 14.7. The number of hydrogen-bond donors (Lipinski definition) is 4. The maximum atomic E-state index is 13.0. The molecule has 0 spiro atoms. The highest BCUT2D eigenvalue weighted by molar-refractivity contribution is 6.19. The fourth-order valence-corrected chi connectivity index (χ4v) is 7.67. The summed E-state index contributed by atoms with van der Waals surface area (Å²) in [5.41, 5.74) is 34.5. The summed E-state index contributed by atoms with van der Waals surface area (Å²) in [7, 11) is 5.64. The Bertz CT molecular complexity index is 2850. The first kappa shape index (κ1) is 45.9. The quantitative estimate of drug-likeness (QED) is 0.0824. The monoisotopic (exact) mass is 848 g/mol. The first-order valence-electron chi connectivity index (χ1n) is 18.5. The third kappa shape index (κ3) is 8.39. The molecule has 0 saturated carbocycles. The number of nitrogens with two attached hydrogens (primary N) is 4. The highest BCUT2D eigenvalue weighted by Crippen LogP contribution is 2.39. The Labute approximate surface area is 362 Å². The zero-order chi connectivity index (χ0) is 39.8. The molecule has 8 rings (SSSR count). The molecule has 59 heavy (non-hydrogen) atoms. The van der Waals surface area contributed by atoms with Crippen molar-refractivity contribution in [2.75, 3.05) is 18.6 Å². The van der Waals surface area contributed by atoms with Gasteiger partial charge < -0.3 is 52.5 Å². The molecule has 0 amide bonds. The molecule has 8 N–H and O–H groups in total. The van der Waals surface area contributed by atoms with Gasteiger partial charge in [-0.05, 0) is 61.4 Å². The SMILES string of the molecule is COc1cc(-c2c3ccccc3[n+](C)c3cccc(C(=O)[C@H](C)N)c23)ccc1N.C[C@H](N)C(=O)c1cccc2c1c(-c1ccc(N)cc1)c1ccccc1[n+]2C.Cl.[Cl-].[Cl-]. The van der Waals surface area contributed by atoms with Crippen LogP contribution in [0.2, 0.25) is 0 Å². The highest BCUT2D eigenvalue weighted by Gasteiger charge is 2.27. The maximum Gasteiger partial charge on any atom is 0.214 e. The van der Waals surface area contributed by atoms with E-state index in [1.807, 2.05) is 117 Å². The summed E-state index contributed by atoms with van der Waals surface area (Å²) in [6.07, 6.45) is 0. The normalized spacial score (nSPS) is 11.7. The number of anilines is 2. The van der Waals surface area contributed by atoms with Crippen LogP contribution in [0.1, 0.15) is 34.6 Å². The van der Waals surface area contributed by atoms with Gasteiger partial charge in [0.15, 0.2) is 11.6 Å². The minimum absolute atomic E-state index is 0. The molecular weight excluding hydrogens is 803 g/mol. The van der Waals surface area contributed by atoms with Crippen LogP contribution in [0.4, 0.5) is 11.4 Å². The van der Waals surface area contributed by atoms with Crippen molar-refractivity contribution >= 4 is 79.0 Å². The van der Waals surface area contributed by atoms with Crippen LogP contribution in [0.5, 0.6) is 5.75 Å². The molecule has 0 unspecified atom stereocenters. The number of carbonyl (C=O) groups is 2. The molecule has 0 aliphatic rings. The van der Waals surface area contributed by atoms with Gasteiger partial charge in [-0.2, -0.15) is 9.13 Å². The van der Waals surface area contributed by atoms with Gasteiger partial charge in [0.1, 0.15) is 19.8 Å². The van der Waals surface area contributed by atoms with Crippen LogP contribution < -0.4 is 61.6 Å². The number of benzene rings is 6. The second kappa shape index (κ2) is 18.8. The predicted molar refractivity (Wildman–Crippen MR) is 235 cm³/mol. The molecule has 2 heterocycles. The fourth-order valence-electron chi connectivity index (χ4n) is 7.67. The number of halogens is 3. The van der Waals surface area contributed by atoms with Gasteiger partial charge in [0.25, 0.3) is 0 Å². The van der Waals surface area contributed by atoms with E-state index >= 15 is 0 Å². The summed E-state index contributed by atoms with van der Waals surface area (Å²) in [5, 5.41) is 3.93. The van der Waals surface area contributed by atoms with Crippen molar-refractivity contribution in [3.63, 3.8) is 0 Å². The Morgan fingerprint density at radius 1 is 0.559 bits per heavy atom. The van der Waals surface area contributed by atoms with Crippen molar-refractivity contribution in [1.82, 2.24) is 0 Å². The predicted octanol–water partition coefficient (Wildman–Crippen LogP) is 1.63. The van der Waals surface area contributed by atoms with E-state index < -0.39 is 12.1 Å². The molecule has 9 nitrogen and oxygen atoms in total. The summed E-state index contributed by atoms with van der Waals surface area (Å²) < 4.78 is 9.69. The lowest BCUT2D eigenvalue weighted by Gasteiger charge is -2.15. The molecule has 8 aromatic rings. The molecule has 6 aromatic carbocycles. The summed E-state index contributed by atoms with van der Waals surface area (Å²) >= 11 is 0. The number of pyridine rings is 2. The fraction of sp³-hybridized carbons (Fsp3) is 0.149. The van der Waals surface area contributed by atoms with Gasteiger partial charge in [-0.1, -0.05) is 66.7 Å². The molecule has 0 fully saturated rings. The van der Waals surface area contributed by atoms with E-state index in [0.717, 1.165) is 65.9 Å². The van der Waals surface area contributed by atoms with Gasteiger partial charge >= 0.3 is 0 Å². The molecule has 2 atom stereocenters. The summed E-state index contributed by atoms with van der Waals surface area (Å²) in [6.45, 7) is 3.44. The van der Waals surface area contributed by atoms with Crippen molar-refractivity contribution in [3.05, 3.63) is 139 Å². The van der Waals surface area contributed by atoms with Gasteiger partial charge in [-0.25, -0.2) is 0 Å². The molecule has 2 aromatic heterocycles. The summed E-state index contributed by atoms with van der Waals surface area (Å²) in [5.74, 6) is 0.450. The second-order valence-corrected chi connectivity index (χ2v) is 14.2. The largest absolute Gasteiger partial charge is 1.00 e. The molecule has 12 heteroatoms. The molecule has 304 valence electrons. The van der Waals surface area contributed by atoms with Crippen LogP contribution in [-0.4, -0.2) is 30.8 Å². The number of Topliss-reactive ketones (excluding diaryl/α,β-unsaturated/α-hetero) is 2. The third-order valence-electron chi connectivity index (χ3n) is 10.5. The van der Waals surface area contributed by atoms with E-state index in [1.165, 1.54) is 0 Å². The molecule has 0 aliphatic heterocycles. The minimum Gasteiger partial charge on any atom is -1.00 e. The molecular formula is C47H47Cl3N6O3. The zero-order valence-electron chi connectivity index (χ0n) is 33.4. The van der Waals surface area contributed by atoms with Crippen LogP contribution in [0.25, 0.3) is 65.9 Å². The van der Waals surface area contributed by atoms with Gasteiger partial charge in [0, 0.05) is 52.2 Å². The topological polar surface area (TPSA) is 155 Å². The number of methoxy groups -OCH3 is 1. The van der Waals surface area contributed by atoms with Crippen LogP contribution in [0, 0.1) is 0 Å². The molecule has 0 radical (unpaired) electrons. The Hall–Kier alpha value is -5.81. The van der Waals surface area contributed by atoms with E-state index in [9.17, 15) is 9.59 Å². The number of carbonyl (C=O) groups excluding carboxylic acids is 2. The number of ketones is 2. The van der Waals surface area contributed by atoms with Crippen molar-refractivity contribution in [3.8, 4) is 28.0 Å². The second-order valence-electron chi connectivity index (χ2n) is 14.2. The first-order valence-corrected chi connectivity index (χ1v) is 18.5. The third-order valence-corrected chi connectivity index (χ3v) is 10.5. The molecule has 0 bridgehead atoms. The number of hydrogen-bond acceptors (Lipinski definition) is 7. The average molecular weight is 850 g/mol. The van der Waals surface area contributed by atoms with E-state index in [0.29, 0.717) is 28.3 Å². The van der Waals surface area contributed by atoms with E-state index in [1.54, 1.807) is 21.0 Å². The van der Waals surface area contributed by atoms with Crippen molar-refractivity contribution in [2.45, 2.75) is 25.9 Å². The lowest BCUT2D eigenvalue weighted by Crippen LogP contribution is -3.00. The maximum absolute atomic E-state index is 13.0. The lowest BCUT2D eigenvalue weighted by molar-refractivity contribution is -0.617. The van der Waals surface area contributed by atoms with Crippen molar-refractivity contribution < 1.29 is 48.3 Å². The number of nitrogens with zero attached hydrogens (tertiary/aromatic N) is 2. The van der Waals surface area contributed by atoms with Gasteiger partial charge in [0.05, 0.1) is 46.4 Å². The minimum atomic E-state index is -0.591. The number of rotatable bonds is 7. The average Bonchev–Trinajstić information content (AvgIpc) is 3.21. The van der Waals surface area contributed by atoms with Crippen LogP contribution in [0.3, 0.4) is 0 Å². The summed E-state index contributed by atoms with van der Waals surface area (Å²) in [4.78, 5) is 25.9. The standard InChI is InChI=1S/C24H23N3O2.C23H21N3O.3ClH/c1-14(25)24(28)17-8-6-10-20-23(17)22(15-11-12-18(26)21(13-15)29-3)16-7-4-5-9-19(16)27(20)2;1-14(24)23(27)18-7-5-9-20-22(18)21(15-10-12-16(25)13-11-15)17-6-3-4-8-19(17)26(20)2;;;/h4-14,26H,25H2,1-3H3;3-14,25H,24H2,1-2H3;3*1H/t2*14-;;;/m00.../s1. The van der Waals surface area contributed by atoms with Crippen LogP contribution >= 0.6 is 12.4 Å². The number of aryl methyl sites for hydroxylation is 2. The Balaban J connectivity index is 0.000000249. The number of nitrogen functional groups attached to an aromatic ring is 2. The van der Waals surface area contributed by atoms with Crippen molar-refractivity contribution in [2.24, 2.45) is 25.6 Å². The smallest absolute Gasteiger partial charge is 0.214 e. The Morgan fingerprint density at radius 3 is 1.41 bits per heavy atom. The number of ether oxygens (including phenoxy) is 1. The van der Waals surface area contributed by atoms with E-state index in [4.69, 9.17) is 27.7 Å². The highest BCUT2D eigenvalue weighted by atomic mass is 35.5. The first-order chi connectivity index (χ1) is 26.9. The number of para-hydroxylation sites is 2. The van der Waals surface area contributed by atoms with Crippen LogP contribution in [-0.2, 0) is 14.1 Å². The van der Waals surface area contributed by atoms with Crippen LogP contribution in [0.15, 0.2) is 127 Å². The van der Waals surface area contributed by atoms with E-state index in [2.05, 4.69) is 33.4 Å². The number of aromatic nitrogens is 2. The van der Waals surface area contributed by atoms with Crippen molar-refractivity contribution in [1.29, 1.82) is 0 Å². The molecule has 0 aliphatic carbocycles. The zero-order valence-corrected chi connectivity index (χ0v) is 35.7. The lowest BCUT2D eigenvalue weighted by atomic mass is 9.90. The Morgan fingerprint density at radius 2 is 0.966 bits per heavy atom. The van der Waals surface area contributed by atoms with Gasteiger partial charge in [0.2, 0.25) is 22.1 Å². The van der Waals surface area contributed by atoms with Gasteiger partial charge in [-0.3, -0.25) is 9.59 Å². The number of fused-ring (bicyclic) bond motifs is 4. The van der Waals surface area contributed by atoms with E-state index in [-0.39, 0.29) is 48.8 Å². The molecule has 0 saturated heterocycles. The summed E-state index contributed by atoms with van der Waals surface area (Å²) in [6, 6.07) is 40.3.